The second-order valence-corrected chi connectivity index (χ2v) is 8.38. The lowest BCUT2D eigenvalue weighted by Gasteiger charge is -2.12. The second-order valence-electron chi connectivity index (χ2n) is 8.38. The van der Waals surface area contributed by atoms with E-state index in [-0.39, 0.29) is 12.3 Å². The molecular weight excluding hydrogens is 486 g/mol. The zero-order valence-electron chi connectivity index (χ0n) is 20.8. The third-order valence-corrected chi connectivity index (χ3v) is 5.88. The smallest absolute Gasteiger partial charge is 0.233 e. The lowest BCUT2D eigenvalue weighted by molar-refractivity contribution is 0.143. The summed E-state index contributed by atoms with van der Waals surface area (Å²) < 4.78 is 12.3. The number of nitrogens with one attached hydrogen (secondary N) is 2. The van der Waals surface area contributed by atoms with Crippen molar-refractivity contribution >= 4 is 22.5 Å². The number of benzene rings is 1. The number of aliphatic hydroxyl groups excluding tert-OH is 1. The normalized spacial score (nSPS) is 11.0. The highest BCUT2D eigenvalue weighted by Crippen LogP contribution is 2.30. The number of hydrogen-bond acceptors (Lipinski definition) is 10. The van der Waals surface area contributed by atoms with Crippen LogP contribution in [0.25, 0.3) is 28.1 Å². The summed E-state index contributed by atoms with van der Waals surface area (Å²) in [6.45, 7) is 2.68. The molecular formula is C26H25N9O3. The molecule has 0 aliphatic heterocycles. The van der Waals surface area contributed by atoms with Crippen molar-refractivity contribution in [2.45, 2.75) is 13.3 Å². The van der Waals surface area contributed by atoms with Crippen molar-refractivity contribution in [2.24, 2.45) is 0 Å². The van der Waals surface area contributed by atoms with Gasteiger partial charge in [0.15, 0.2) is 11.5 Å². The first-order valence-corrected chi connectivity index (χ1v) is 11.9. The molecule has 5 aromatic rings. The highest BCUT2D eigenvalue weighted by molar-refractivity contribution is 5.82. The molecule has 0 saturated carbocycles. The zero-order valence-corrected chi connectivity index (χ0v) is 20.8. The Morgan fingerprint density at radius 1 is 1.13 bits per heavy atom. The van der Waals surface area contributed by atoms with Crippen LogP contribution in [0.5, 0.6) is 5.88 Å². The summed E-state index contributed by atoms with van der Waals surface area (Å²) in [6.07, 6.45) is 2.10. The highest BCUT2D eigenvalue weighted by atomic mass is 16.5. The molecule has 4 aromatic heterocycles. The molecule has 0 bridgehead atoms. The summed E-state index contributed by atoms with van der Waals surface area (Å²) in [5.41, 5.74) is 5.44. The van der Waals surface area contributed by atoms with Crippen molar-refractivity contribution in [1.82, 2.24) is 34.9 Å². The number of nitriles is 1. The third kappa shape index (κ3) is 5.01. The molecule has 0 aliphatic carbocycles. The molecule has 4 heterocycles. The number of fused-ring (bicyclic) bond motifs is 1. The molecule has 38 heavy (non-hydrogen) atoms. The first-order valence-electron chi connectivity index (χ1n) is 11.9. The molecule has 12 nitrogen and oxygen atoms in total. The molecule has 192 valence electrons. The summed E-state index contributed by atoms with van der Waals surface area (Å²) in [7, 11) is 1.61. The van der Waals surface area contributed by atoms with Gasteiger partial charge in [-0.15, -0.1) is 10.2 Å². The number of anilines is 2. The largest absolute Gasteiger partial charge is 0.474 e. The van der Waals surface area contributed by atoms with E-state index in [2.05, 4.69) is 36.8 Å². The van der Waals surface area contributed by atoms with Crippen LogP contribution in [0.2, 0.25) is 0 Å². The van der Waals surface area contributed by atoms with Crippen LogP contribution in [0, 0.1) is 18.3 Å². The SMILES string of the molecule is COCCOc1ccc(Nc2ccc3c(c2)ncn3-c2ccc(CCO)c(-c3c(C#N)n[nH]c3C)n2)nn1. The Hall–Kier alpha value is -4.86. The van der Waals surface area contributed by atoms with Crippen LogP contribution in [-0.2, 0) is 11.2 Å². The maximum absolute atomic E-state index is 9.56. The van der Waals surface area contributed by atoms with Gasteiger partial charge in [-0.3, -0.25) is 9.67 Å². The van der Waals surface area contributed by atoms with Gasteiger partial charge in [-0.2, -0.15) is 10.4 Å². The van der Waals surface area contributed by atoms with Gasteiger partial charge in [0.25, 0.3) is 0 Å². The van der Waals surface area contributed by atoms with Crippen LogP contribution in [-0.4, -0.2) is 67.0 Å². The number of hydrogen-bond donors (Lipinski definition) is 3. The van der Waals surface area contributed by atoms with E-state index in [1.807, 2.05) is 41.8 Å². The number of aromatic nitrogens is 7. The fraction of sp³-hybridized carbons (Fsp3) is 0.231. The monoisotopic (exact) mass is 511 g/mol. The maximum Gasteiger partial charge on any atom is 0.233 e. The number of H-pyrrole nitrogens is 1. The molecule has 0 saturated heterocycles. The minimum atomic E-state index is -0.0372. The van der Waals surface area contributed by atoms with Gasteiger partial charge in [-0.1, -0.05) is 6.07 Å². The Kier molecular flexibility index (Phi) is 7.21. The average Bonchev–Trinajstić information content (AvgIpc) is 3.53. The predicted molar refractivity (Wildman–Crippen MR) is 139 cm³/mol. The summed E-state index contributed by atoms with van der Waals surface area (Å²) in [4.78, 5) is 9.43. The number of methoxy groups -OCH3 is 1. The van der Waals surface area contributed by atoms with Gasteiger partial charge in [0.2, 0.25) is 5.88 Å². The molecule has 0 unspecified atom stereocenters. The lowest BCUT2D eigenvalue weighted by Crippen LogP contribution is -2.06. The molecule has 0 atom stereocenters. The van der Waals surface area contributed by atoms with Crippen LogP contribution < -0.4 is 10.1 Å². The molecule has 0 fully saturated rings. The van der Waals surface area contributed by atoms with Gasteiger partial charge < -0.3 is 19.9 Å². The quantitative estimate of drug-likeness (QED) is 0.238. The zero-order chi connectivity index (χ0) is 26.5. The number of aliphatic hydroxyl groups is 1. The summed E-state index contributed by atoms with van der Waals surface area (Å²) >= 11 is 0. The van der Waals surface area contributed by atoms with Crippen molar-refractivity contribution in [3.05, 3.63) is 65.7 Å². The standard InChI is InChI=1S/C26H25N9O3/c1-16-25(20(14-27)32-31-16)26-17(9-10-36)3-7-23(30-26)35-15-28-19-13-18(4-5-21(19)35)29-22-6-8-24(34-33-22)38-12-11-37-2/h3-8,13,15,36H,9-12H2,1-2H3,(H,29,33)(H,31,32). The molecule has 1 aromatic carbocycles. The van der Waals surface area contributed by atoms with Gasteiger partial charge in [0.05, 0.1) is 28.9 Å². The van der Waals surface area contributed by atoms with E-state index in [4.69, 9.17) is 14.5 Å². The molecule has 0 spiro atoms. The van der Waals surface area contributed by atoms with Gasteiger partial charge in [-0.25, -0.2) is 9.97 Å². The molecule has 12 heteroatoms. The van der Waals surface area contributed by atoms with Gasteiger partial charge in [0, 0.05) is 31.2 Å². The Balaban J connectivity index is 1.43. The maximum atomic E-state index is 9.56. The first kappa shape index (κ1) is 24.8. The fourth-order valence-electron chi connectivity index (χ4n) is 4.06. The Bertz CT molecular complexity index is 1600. The van der Waals surface area contributed by atoms with E-state index in [0.29, 0.717) is 48.4 Å². The average molecular weight is 512 g/mol. The van der Waals surface area contributed by atoms with Crippen molar-refractivity contribution in [3.63, 3.8) is 0 Å². The molecule has 3 N–H and O–H groups in total. The first-order chi connectivity index (χ1) is 18.6. The van der Waals surface area contributed by atoms with Crippen molar-refractivity contribution in [1.29, 1.82) is 5.26 Å². The number of imidazole rings is 1. The number of aromatic amines is 1. The number of pyridine rings is 1. The Labute approximate surface area is 217 Å². The van der Waals surface area contributed by atoms with Crippen LogP contribution in [0.15, 0.2) is 48.8 Å². The predicted octanol–water partition coefficient (Wildman–Crippen LogP) is 3.08. The lowest BCUT2D eigenvalue weighted by atomic mass is 10.0. The van der Waals surface area contributed by atoms with E-state index in [1.54, 1.807) is 25.6 Å². The van der Waals surface area contributed by atoms with E-state index in [0.717, 1.165) is 28.0 Å². The highest BCUT2D eigenvalue weighted by Gasteiger charge is 2.19. The van der Waals surface area contributed by atoms with Gasteiger partial charge in [-0.05, 0) is 49.2 Å². The van der Waals surface area contributed by atoms with E-state index < -0.39 is 0 Å². The minimum Gasteiger partial charge on any atom is -0.474 e. The van der Waals surface area contributed by atoms with E-state index in [1.165, 1.54) is 0 Å². The van der Waals surface area contributed by atoms with E-state index >= 15 is 0 Å². The summed E-state index contributed by atoms with van der Waals surface area (Å²) in [5.74, 6) is 1.62. The number of nitrogens with zero attached hydrogens (tertiary/aromatic N) is 7. The minimum absolute atomic E-state index is 0.0372. The van der Waals surface area contributed by atoms with Crippen molar-refractivity contribution < 1.29 is 14.6 Å². The number of aryl methyl sites for hydroxylation is 1. The topological polar surface area (TPSA) is 160 Å². The summed E-state index contributed by atoms with van der Waals surface area (Å²) in [5, 5.41) is 37.5. The van der Waals surface area contributed by atoms with Crippen LogP contribution in [0.3, 0.4) is 0 Å². The van der Waals surface area contributed by atoms with Gasteiger partial charge >= 0.3 is 0 Å². The van der Waals surface area contributed by atoms with Crippen molar-refractivity contribution in [3.8, 4) is 29.0 Å². The summed E-state index contributed by atoms with van der Waals surface area (Å²) in [6, 6.07) is 15.2. The van der Waals surface area contributed by atoms with Crippen LogP contribution in [0.1, 0.15) is 17.0 Å². The fourth-order valence-corrected chi connectivity index (χ4v) is 4.06. The Morgan fingerprint density at radius 2 is 2.03 bits per heavy atom. The second kappa shape index (κ2) is 11.0. The van der Waals surface area contributed by atoms with E-state index in [9.17, 15) is 10.4 Å². The molecule has 0 amide bonds. The Morgan fingerprint density at radius 3 is 2.79 bits per heavy atom. The molecule has 5 rings (SSSR count). The number of rotatable bonds is 10. The van der Waals surface area contributed by atoms with Crippen LogP contribution in [0.4, 0.5) is 11.5 Å². The third-order valence-electron chi connectivity index (χ3n) is 5.88. The van der Waals surface area contributed by atoms with Crippen molar-refractivity contribution in [2.75, 3.05) is 32.2 Å². The molecule has 0 radical (unpaired) electrons. The van der Waals surface area contributed by atoms with Crippen LogP contribution >= 0.6 is 0 Å². The molecule has 0 aliphatic rings. The van der Waals surface area contributed by atoms with Gasteiger partial charge in [0.1, 0.15) is 24.8 Å². The number of ether oxygens (including phenoxy) is 2.